The van der Waals surface area contributed by atoms with Crippen molar-refractivity contribution >= 4 is 40.3 Å². The number of carbonyl (C=O) groups is 1. The highest BCUT2D eigenvalue weighted by Crippen LogP contribution is 2.33. The Kier molecular flexibility index (Phi) is 6.75. The van der Waals surface area contributed by atoms with Crippen molar-refractivity contribution in [2.45, 2.75) is 20.3 Å². The van der Waals surface area contributed by atoms with Crippen LogP contribution in [-0.4, -0.2) is 35.4 Å². The Morgan fingerprint density at radius 2 is 1.82 bits per heavy atom. The Bertz CT molecular complexity index is 924. The number of hydrogen-bond donors (Lipinski definition) is 0. The predicted molar refractivity (Wildman–Crippen MR) is 119 cm³/mol. The number of nitrogens with zero attached hydrogens (tertiary/aromatic N) is 1. The first-order valence-corrected chi connectivity index (χ1v) is 10.3. The SMILES string of the molecule is Cc1ccc(OCCCOc2ccccc2C=C2SC(=S)N(C)C2=O)cc1C. The summed E-state index contributed by atoms with van der Waals surface area (Å²) in [7, 11) is 1.69. The molecule has 0 N–H and O–H groups in total. The minimum Gasteiger partial charge on any atom is -0.493 e. The number of benzene rings is 2. The van der Waals surface area contributed by atoms with Gasteiger partial charge in [0.15, 0.2) is 0 Å². The number of thiocarbonyl (C=S) groups is 1. The van der Waals surface area contributed by atoms with Crippen LogP contribution in [0.2, 0.25) is 0 Å². The molecule has 2 aromatic carbocycles. The molecule has 0 radical (unpaired) electrons. The molecule has 146 valence electrons. The van der Waals surface area contributed by atoms with E-state index in [-0.39, 0.29) is 5.91 Å². The molecule has 0 unspecified atom stereocenters. The average Bonchev–Trinajstić information content (AvgIpc) is 2.92. The fourth-order valence-electron chi connectivity index (χ4n) is 2.65. The Morgan fingerprint density at radius 1 is 1.07 bits per heavy atom. The van der Waals surface area contributed by atoms with Gasteiger partial charge in [0.25, 0.3) is 5.91 Å². The van der Waals surface area contributed by atoms with Crippen molar-refractivity contribution in [2.24, 2.45) is 0 Å². The first-order valence-electron chi connectivity index (χ1n) is 9.09. The summed E-state index contributed by atoms with van der Waals surface area (Å²) in [5, 5.41) is 0. The zero-order chi connectivity index (χ0) is 20.1. The van der Waals surface area contributed by atoms with Gasteiger partial charge in [-0.1, -0.05) is 48.2 Å². The van der Waals surface area contributed by atoms with Crippen LogP contribution >= 0.6 is 24.0 Å². The highest BCUT2D eigenvalue weighted by molar-refractivity contribution is 8.26. The van der Waals surface area contributed by atoms with Crippen LogP contribution < -0.4 is 9.47 Å². The monoisotopic (exact) mass is 413 g/mol. The van der Waals surface area contributed by atoms with E-state index < -0.39 is 0 Å². The molecule has 1 aliphatic heterocycles. The van der Waals surface area contributed by atoms with E-state index in [4.69, 9.17) is 21.7 Å². The van der Waals surface area contributed by atoms with Crippen molar-refractivity contribution in [2.75, 3.05) is 20.3 Å². The number of likely N-dealkylation sites (N-methyl/N-ethyl adjacent to an activating group) is 1. The number of amides is 1. The van der Waals surface area contributed by atoms with Gasteiger partial charge in [-0.05, 0) is 49.2 Å². The molecular formula is C22H23NO3S2. The topological polar surface area (TPSA) is 38.8 Å². The van der Waals surface area contributed by atoms with E-state index in [1.165, 1.54) is 27.8 Å². The third-order valence-electron chi connectivity index (χ3n) is 4.49. The number of aryl methyl sites for hydroxylation is 2. The van der Waals surface area contributed by atoms with E-state index in [0.717, 1.165) is 23.5 Å². The molecule has 0 spiro atoms. The third kappa shape index (κ3) is 4.94. The molecule has 0 aromatic heterocycles. The first-order chi connectivity index (χ1) is 13.5. The Labute approximate surface area is 175 Å². The lowest BCUT2D eigenvalue weighted by Crippen LogP contribution is -2.22. The average molecular weight is 414 g/mol. The molecule has 0 bridgehead atoms. The van der Waals surface area contributed by atoms with Crippen LogP contribution in [0.15, 0.2) is 47.4 Å². The van der Waals surface area contributed by atoms with Crippen molar-refractivity contribution in [3.8, 4) is 11.5 Å². The van der Waals surface area contributed by atoms with E-state index in [1.807, 2.05) is 36.4 Å². The summed E-state index contributed by atoms with van der Waals surface area (Å²) in [5.74, 6) is 1.55. The van der Waals surface area contributed by atoms with Crippen LogP contribution in [0.25, 0.3) is 6.08 Å². The minimum absolute atomic E-state index is 0.0772. The predicted octanol–water partition coefficient (Wildman–Crippen LogP) is 4.98. The van der Waals surface area contributed by atoms with Gasteiger partial charge < -0.3 is 9.47 Å². The Hall–Kier alpha value is -2.31. The second kappa shape index (κ2) is 9.26. The quantitative estimate of drug-likeness (QED) is 0.364. The Balaban J connectivity index is 1.55. The van der Waals surface area contributed by atoms with Crippen molar-refractivity contribution in [1.29, 1.82) is 0 Å². The van der Waals surface area contributed by atoms with Gasteiger partial charge in [0.1, 0.15) is 15.8 Å². The van der Waals surface area contributed by atoms with Gasteiger partial charge in [-0.2, -0.15) is 0 Å². The number of rotatable bonds is 7. The summed E-state index contributed by atoms with van der Waals surface area (Å²) in [6, 6.07) is 13.8. The summed E-state index contributed by atoms with van der Waals surface area (Å²) in [4.78, 5) is 14.3. The van der Waals surface area contributed by atoms with Crippen LogP contribution in [0.5, 0.6) is 11.5 Å². The lowest BCUT2D eigenvalue weighted by Gasteiger charge is -2.11. The molecule has 0 saturated carbocycles. The summed E-state index contributed by atoms with van der Waals surface area (Å²) < 4.78 is 12.3. The largest absolute Gasteiger partial charge is 0.493 e. The van der Waals surface area contributed by atoms with Gasteiger partial charge in [0.05, 0.1) is 18.1 Å². The molecule has 0 aliphatic carbocycles. The fraction of sp³-hybridized carbons (Fsp3) is 0.273. The highest BCUT2D eigenvalue weighted by atomic mass is 32.2. The molecule has 1 saturated heterocycles. The van der Waals surface area contributed by atoms with Crippen LogP contribution in [0.3, 0.4) is 0 Å². The number of hydrogen-bond acceptors (Lipinski definition) is 5. The standard InChI is InChI=1S/C22H23NO3S2/c1-15-9-10-18(13-16(15)2)25-11-6-12-26-19-8-5-4-7-17(19)14-20-21(24)23(3)22(27)28-20/h4-5,7-10,13-14H,6,11-12H2,1-3H3. The highest BCUT2D eigenvalue weighted by Gasteiger charge is 2.28. The fourth-order valence-corrected chi connectivity index (χ4v) is 3.82. The smallest absolute Gasteiger partial charge is 0.265 e. The number of carbonyl (C=O) groups excluding carboxylic acids is 1. The lowest BCUT2D eigenvalue weighted by atomic mass is 10.1. The zero-order valence-electron chi connectivity index (χ0n) is 16.2. The number of ether oxygens (including phenoxy) is 2. The molecule has 1 aliphatic rings. The molecule has 28 heavy (non-hydrogen) atoms. The first kappa shape index (κ1) is 20.4. The molecule has 3 rings (SSSR count). The third-order valence-corrected chi connectivity index (χ3v) is 5.97. The molecule has 2 aromatic rings. The summed E-state index contributed by atoms with van der Waals surface area (Å²) in [5.41, 5.74) is 3.35. The summed E-state index contributed by atoms with van der Waals surface area (Å²) >= 11 is 6.49. The second-order valence-corrected chi connectivity index (χ2v) is 8.25. The van der Waals surface area contributed by atoms with Crippen molar-refractivity contribution in [1.82, 2.24) is 4.90 Å². The van der Waals surface area contributed by atoms with E-state index in [9.17, 15) is 4.79 Å². The van der Waals surface area contributed by atoms with E-state index in [0.29, 0.717) is 22.4 Å². The van der Waals surface area contributed by atoms with Gasteiger partial charge in [-0.15, -0.1) is 0 Å². The zero-order valence-corrected chi connectivity index (χ0v) is 17.9. The van der Waals surface area contributed by atoms with Crippen molar-refractivity contribution in [3.05, 3.63) is 64.1 Å². The maximum Gasteiger partial charge on any atom is 0.265 e. The van der Waals surface area contributed by atoms with Crippen molar-refractivity contribution < 1.29 is 14.3 Å². The number of thioether (sulfide) groups is 1. The van der Waals surface area contributed by atoms with Gasteiger partial charge in [-0.25, -0.2) is 0 Å². The van der Waals surface area contributed by atoms with Gasteiger partial charge >= 0.3 is 0 Å². The molecule has 1 amide bonds. The molecule has 0 atom stereocenters. The van der Waals surface area contributed by atoms with Gasteiger partial charge in [0, 0.05) is 19.0 Å². The number of para-hydroxylation sites is 1. The molecular weight excluding hydrogens is 390 g/mol. The molecule has 4 nitrogen and oxygen atoms in total. The normalized spacial score (nSPS) is 15.4. The maximum atomic E-state index is 12.2. The molecule has 1 heterocycles. The van der Waals surface area contributed by atoms with Crippen molar-refractivity contribution in [3.63, 3.8) is 0 Å². The molecule has 6 heteroatoms. The Morgan fingerprint density at radius 3 is 2.54 bits per heavy atom. The van der Waals surface area contributed by atoms with Crippen LogP contribution in [-0.2, 0) is 4.79 Å². The van der Waals surface area contributed by atoms with Crippen LogP contribution in [0.1, 0.15) is 23.1 Å². The summed E-state index contributed by atoms with van der Waals surface area (Å²) in [6.07, 6.45) is 2.60. The summed E-state index contributed by atoms with van der Waals surface area (Å²) in [6.45, 7) is 5.28. The van der Waals surface area contributed by atoms with E-state index >= 15 is 0 Å². The van der Waals surface area contributed by atoms with Gasteiger partial charge in [0.2, 0.25) is 0 Å². The minimum atomic E-state index is -0.0772. The van der Waals surface area contributed by atoms with Crippen LogP contribution in [0.4, 0.5) is 0 Å². The van der Waals surface area contributed by atoms with E-state index in [1.54, 1.807) is 7.05 Å². The van der Waals surface area contributed by atoms with Crippen LogP contribution in [0, 0.1) is 13.8 Å². The maximum absolute atomic E-state index is 12.2. The van der Waals surface area contributed by atoms with Gasteiger partial charge in [-0.3, -0.25) is 9.69 Å². The lowest BCUT2D eigenvalue weighted by molar-refractivity contribution is -0.121. The molecule has 1 fully saturated rings. The van der Waals surface area contributed by atoms with E-state index in [2.05, 4.69) is 26.0 Å². The second-order valence-electron chi connectivity index (χ2n) is 6.58.